The van der Waals surface area contributed by atoms with Crippen molar-refractivity contribution in [3.05, 3.63) is 133 Å². The summed E-state index contributed by atoms with van der Waals surface area (Å²) in [5, 5.41) is 23.9. The van der Waals surface area contributed by atoms with E-state index in [1.54, 1.807) is 6.92 Å². The number of nitrogens with two attached hydrogens (primary N) is 2. The zero-order valence-corrected chi connectivity index (χ0v) is 38.8. The molecule has 0 saturated carbocycles. The molecule has 15 heteroatoms. The summed E-state index contributed by atoms with van der Waals surface area (Å²) < 4.78 is 0. The van der Waals surface area contributed by atoms with Gasteiger partial charge in [0.1, 0.15) is 5.82 Å². The Labute approximate surface area is 369 Å². The molecule has 318 valence electrons. The number of Topliss-reactive ketones (excluding diaryl/α,β-unsaturated/α-hetero) is 1. The molecule has 0 bridgehead atoms. The van der Waals surface area contributed by atoms with Crippen LogP contribution in [0.3, 0.4) is 0 Å². The number of aryl methyl sites for hydroxylation is 5. The van der Waals surface area contributed by atoms with Crippen LogP contribution < -0.4 is 11.5 Å². The second kappa shape index (κ2) is 28.0. The average molecular weight is 820 g/mol. The molecule has 12 nitrogen and oxygen atoms in total. The van der Waals surface area contributed by atoms with Crippen LogP contribution >= 0.6 is 0 Å². The number of rotatable bonds is 9. The third kappa shape index (κ3) is 17.9. The molecular formula is C46H64B3N11O. The molecular weight excluding hydrogens is 755 g/mol. The molecule has 0 amide bonds. The van der Waals surface area contributed by atoms with Crippen LogP contribution in [0.15, 0.2) is 59.7 Å². The Morgan fingerprint density at radius 1 is 0.475 bits per heavy atom. The number of allylic oxidation sites excluding steroid dienone is 4. The average Bonchev–Trinajstić information content (AvgIpc) is 3.23. The monoisotopic (exact) mass is 820 g/mol. The van der Waals surface area contributed by atoms with Crippen molar-refractivity contribution in [2.45, 2.75) is 128 Å². The van der Waals surface area contributed by atoms with E-state index in [1.165, 1.54) is 33.4 Å². The molecule has 0 aliphatic heterocycles. The quantitative estimate of drug-likeness (QED) is 0.143. The lowest BCUT2D eigenvalue weighted by atomic mass is 9.88. The second-order valence-corrected chi connectivity index (χ2v) is 13.7. The summed E-state index contributed by atoms with van der Waals surface area (Å²) in [5.41, 5.74) is 24.5. The summed E-state index contributed by atoms with van der Waals surface area (Å²) in [7, 11) is 17.0. The van der Waals surface area contributed by atoms with Crippen molar-refractivity contribution >= 4 is 41.2 Å². The first-order valence-corrected chi connectivity index (χ1v) is 21.0. The SMILES string of the molecule is CC.CC.CC.[B]Cc1nc(C)nnc1CC1C=C(C)C(=O)C(C)=C1.[B]Cc1nc(N)nnc1Cc1cc(C)cc(C)c1.[B]Cc1nc(N)nnc1Cc1cc(C)cc(C)c1. The minimum absolute atomic E-state index is 0.114. The number of hydrogen-bond acceptors (Lipinski definition) is 12. The van der Waals surface area contributed by atoms with Crippen LogP contribution in [0.5, 0.6) is 0 Å². The number of ketones is 1. The van der Waals surface area contributed by atoms with Crippen LogP contribution in [-0.4, -0.2) is 74.9 Å². The van der Waals surface area contributed by atoms with Gasteiger partial charge in [-0.25, -0.2) is 15.0 Å². The van der Waals surface area contributed by atoms with Gasteiger partial charge in [-0.2, -0.15) is 5.10 Å². The van der Waals surface area contributed by atoms with Crippen LogP contribution in [0.1, 0.15) is 129 Å². The van der Waals surface area contributed by atoms with Gasteiger partial charge >= 0.3 is 0 Å². The molecule has 4 N–H and O–H groups in total. The molecule has 3 heterocycles. The molecule has 6 rings (SSSR count). The van der Waals surface area contributed by atoms with E-state index in [1.807, 2.05) is 67.5 Å². The lowest BCUT2D eigenvalue weighted by molar-refractivity contribution is -0.112. The van der Waals surface area contributed by atoms with Crippen molar-refractivity contribution in [1.82, 2.24) is 45.5 Å². The zero-order valence-electron chi connectivity index (χ0n) is 38.8. The van der Waals surface area contributed by atoms with Gasteiger partial charge in [0, 0.05) is 25.2 Å². The highest BCUT2D eigenvalue weighted by molar-refractivity contribution is 6.09. The van der Waals surface area contributed by atoms with Gasteiger partial charge in [-0.15, -0.1) is 25.5 Å². The summed E-state index contributed by atoms with van der Waals surface area (Å²) in [5.74, 6) is 1.23. The van der Waals surface area contributed by atoms with Crippen LogP contribution in [-0.2, 0) is 43.0 Å². The fourth-order valence-electron chi connectivity index (χ4n) is 6.41. The minimum atomic E-state index is 0.114. The fraction of sp³-hybridized carbons (Fsp3) is 0.435. The van der Waals surface area contributed by atoms with E-state index in [4.69, 9.17) is 35.0 Å². The number of benzene rings is 2. The van der Waals surface area contributed by atoms with Gasteiger partial charge in [0.25, 0.3) is 0 Å². The molecule has 0 atom stereocenters. The van der Waals surface area contributed by atoms with Gasteiger partial charge in [-0.1, -0.05) is 112 Å². The Balaban J connectivity index is 0.000000430. The summed E-state index contributed by atoms with van der Waals surface area (Å²) >= 11 is 0. The van der Waals surface area contributed by atoms with Crippen LogP contribution in [0, 0.1) is 40.5 Å². The molecule has 0 spiro atoms. The van der Waals surface area contributed by atoms with E-state index < -0.39 is 0 Å². The summed E-state index contributed by atoms with van der Waals surface area (Å²) in [6.07, 6.45) is 6.95. The fourth-order valence-corrected chi connectivity index (χ4v) is 6.41. The van der Waals surface area contributed by atoms with Gasteiger partial charge in [0.2, 0.25) is 11.9 Å². The summed E-state index contributed by atoms with van der Waals surface area (Å²) in [6, 6.07) is 12.8. The highest BCUT2D eigenvalue weighted by atomic mass is 16.1. The highest BCUT2D eigenvalue weighted by Crippen LogP contribution is 2.23. The first-order chi connectivity index (χ1) is 29.2. The van der Waals surface area contributed by atoms with E-state index in [2.05, 4.69) is 110 Å². The molecule has 0 unspecified atom stereocenters. The molecule has 6 radical (unpaired) electrons. The molecule has 1 aliphatic carbocycles. The van der Waals surface area contributed by atoms with Gasteiger partial charge in [0.15, 0.2) is 5.78 Å². The molecule has 1 aliphatic rings. The van der Waals surface area contributed by atoms with Crippen LogP contribution in [0.25, 0.3) is 0 Å². The highest BCUT2D eigenvalue weighted by Gasteiger charge is 2.19. The first kappa shape index (κ1) is 53.4. The molecule has 2 aromatic carbocycles. The molecule has 5 aromatic rings. The molecule has 61 heavy (non-hydrogen) atoms. The lowest BCUT2D eigenvalue weighted by Gasteiger charge is -2.16. The van der Waals surface area contributed by atoms with Gasteiger partial charge in [-0.3, -0.25) is 4.79 Å². The number of hydrogen-bond donors (Lipinski definition) is 2. The standard InChI is InChI=1S/C14H16BN3O.2C13H15BN4.3C2H6/c1-8-4-11(5-9(2)14(8)19)6-12-13(7-15)16-10(3)17-18-12;2*1-8-3-9(2)5-10(4-8)6-11-12(7-14)16-13(15)18-17-11;3*1-2/h4-5,11H,6-7H2,1-3H3;2*3-5H,6-7H2,1-2H3,(H2,15,16,18);3*1-2H3. The predicted molar refractivity (Wildman–Crippen MR) is 253 cm³/mol. The normalized spacial score (nSPS) is 11.6. The lowest BCUT2D eigenvalue weighted by Crippen LogP contribution is -2.15. The Morgan fingerprint density at radius 3 is 1.18 bits per heavy atom. The van der Waals surface area contributed by atoms with Gasteiger partial charge < -0.3 is 11.5 Å². The first-order valence-electron chi connectivity index (χ1n) is 21.0. The minimum Gasteiger partial charge on any atom is -0.366 e. The van der Waals surface area contributed by atoms with Crippen molar-refractivity contribution in [2.75, 3.05) is 11.5 Å². The van der Waals surface area contributed by atoms with E-state index in [9.17, 15) is 4.79 Å². The second-order valence-electron chi connectivity index (χ2n) is 13.7. The maximum atomic E-state index is 11.7. The Morgan fingerprint density at radius 2 is 0.820 bits per heavy atom. The summed E-state index contributed by atoms with van der Waals surface area (Å²) in [6.45, 7) is 25.8. The molecule has 0 saturated heterocycles. The summed E-state index contributed by atoms with van der Waals surface area (Å²) in [4.78, 5) is 24.2. The maximum absolute atomic E-state index is 11.7. The van der Waals surface area contributed by atoms with E-state index in [0.29, 0.717) is 55.4 Å². The van der Waals surface area contributed by atoms with E-state index >= 15 is 0 Å². The molecule has 0 fully saturated rings. The zero-order chi connectivity index (χ0) is 46.2. The number of carbonyl (C=O) groups is 1. The van der Waals surface area contributed by atoms with Gasteiger partial charge in [0.05, 0.1) is 57.7 Å². The van der Waals surface area contributed by atoms with Crippen molar-refractivity contribution in [1.29, 1.82) is 0 Å². The third-order valence-electron chi connectivity index (χ3n) is 8.62. The molecule has 3 aromatic heterocycles. The number of carbonyl (C=O) groups excluding carboxylic acids is 1. The van der Waals surface area contributed by atoms with Crippen molar-refractivity contribution in [3.8, 4) is 0 Å². The number of nitrogen functional groups attached to an aromatic ring is 2. The number of aromatic nitrogens is 9. The van der Waals surface area contributed by atoms with Crippen molar-refractivity contribution in [2.24, 2.45) is 5.92 Å². The van der Waals surface area contributed by atoms with Crippen LogP contribution in [0.4, 0.5) is 11.9 Å². The maximum Gasteiger partial charge on any atom is 0.240 e. The van der Waals surface area contributed by atoms with Crippen LogP contribution in [0.2, 0.25) is 0 Å². The number of anilines is 2. The largest absolute Gasteiger partial charge is 0.366 e. The smallest absolute Gasteiger partial charge is 0.240 e. The van der Waals surface area contributed by atoms with E-state index in [0.717, 1.165) is 33.9 Å². The van der Waals surface area contributed by atoms with E-state index in [-0.39, 0.29) is 23.6 Å². The predicted octanol–water partition coefficient (Wildman–Crippen LogP) is 7.22. The third-order valence-corrected chi connectivity index (χ3v) is 8.62. The Bertz CT molecular complexity index is 2050. The van der Waals surface area contributed by atoms with Crippen molar-refractivity contribution < 1.29 is 4.79 Å². The topological polar surface area (TPSA) is 185 Å². The Kier molecular flexibility index (Phi) is 24.6. The Hall–Kier alpha value is -5.59. The van der Waals surface area contributed by atoms with Gasteiger partial charge in [-0.05, 0) is 89.7 Å². The number of nitrogens with zero attached hydrogens (tertiary/aromatic N) is 9. The van der Waals surface area contributed by atoms with Crippen molar-refractivity contribution in [3.63, 3.8) is 0 Å².